The molecule has 0 unspecified atom stereocenters. The Labute approximate surface area is 202 Å². The number of nitriles is 1. The first-order chi connectivity index (χ1) is 17.2. The van der Waals surface area contributed by atoms with Crippen LogP contribution in [0.1, 0.15) is 30.2 Å². The summed E-state index contributed by atoms with van der Waals surface area (Å²) < 4.78 is 3.38. The van der Waals surface area contributed by atoms with Gasteiger partial charge in [-0.15, -0.1) is 5.10 Å². The van der Waals surface area contributed by atoms with E-state index < -0.39 is 0 Å². The fourth-order valence-electron chi connectivity index (χ4n) is 4.29. The molecule has 5 aromatic rings. The van der Waals surface area contributed by atoms with E-state index in [0.717, 1.165) is 40.8 Å². The van der Waals surface area contributed by atoms with Crippen molar-refractivity contribution >= 4 is 0 Å². The third kappa shape index (κ3) is 4.27. The van der Waals surface area contributed by atoms with Gasteiger partial charge in [-0.25, -0.2) is 9.89 Å². The molecule has 172 valence electrons. The van der Waals surface area contributed by atoms with Gasteiger partial charge in [0.25, 0.3) is 0 Å². The Kier molecular flexibility index (Phi) is 6.05. The number of hydrogen-bond donors (Lipinski definition) is 1. The fourth-order valence-corrected chi connectivity index (χ4v) is 4.29. The van der Waals surface area contributed by atoms with Gasteiger partial charge < -0.3 is 0 Å². The number of H-pyrrole nitrogens is 1. The maximum absolute atomic E-state index is 13.4. The van der Waals surface area contributed by atoms with Crippen molar-refractivity contribution in [3.63, 3.8) is 0 Å². The standard InChI is InChI=1S/C27H23N7O/c1-2-7-22-18-34(25-11-6-3-8-21(25)16-28)27(35)33(22)17-19-12-14-20(15-13-19)23-9-4-5-10-24(23)26-29-31-32-30-26/h3-6,8-15,18H,2,7,17H2,1H3,(H,29,30,31,32). The van der Waals surface area contributed by atoms with E-state index in [1.54, 1.807) is 27.3 Å². The summed E-state index contributed by atoms with van der Waals surface area (Å²) in [5.74, 6) is 0.611. The van der Waals surface area contributed by atoms with E-state index in [1.807, 2.05) is 60.8 Å². The average molecular weight is 462 g/mol. The van der Waals surface area contributed by atoms with Gasteiger partial charge in [-0.2, -0.15) is 5.26 Å². The molecule has 0 aliphatic rings. The summed E-state index contributed by atoms with van der Waals surface area (Å²) in [5.41, 5.74) is 5.84. The molecule has 0 aliphatic carbocycles. The minimum atomic E-state index is -0.150. The highest BCUT2D eigenvalue weighted by atomic mass is 16.1. The summed E-state index contributed by atoms with van der Waals surface area (Å²) >= 11 is 0. The summed E-state index contributed by atoms with van der Waals surface area (Å²) in [6.45, 7) is 2.54. The number of hydrogen-bond acceptors (Lipinski definition) is 5. The number of nitrogens with zero attached hydrogens (tertiary/aromatic N) is 6. The quantitative estimate of drug-likeness (QED) is 0.388. The van der Waals surface area contributed by atoms with Gasteiger partial charge >= 0.3 is 5.69 Å². The van der Waals surface area contributed by atoms with Gasteiger partial charge in [-0.3, -0.25) is 9.13 Å². The Balaban J connectivity index is 1.49. The second kappa shape index (κ2) is 9.61. The smallest absolute Gasteiger partial charge is 0.292 e. The molecule has 0 saturated heterocycles. The van der Waals surface area contributed by atoms with Gasteiger partial charge in [0.05, 0.1) is 17.8 Å². The lowest BCUT2D eigenvalue weighted by molar-refractivity contribution is 0.691. The number of benzene rings is 3. The molecule has 0 bridgehead atoms. The average Bonchev–Trinajstić information content (AvgIpc) is 3.54. The molecule has 2 heterocycles. The second-order valence-corrected chi connectivity index (χ2v) is 8.23. The maximum atomic E-state index is 13.4. The third-order valence-corrected chi connectivity index (χ3v) is 5.99. The summed E-state index contributed by atoms with van der Waals surface area (Å²) in [7, 11) is 0. The van der Waals surface area contributed by atoms with Crippen molar-refractivity contribution in [1.82, 2.24) is 29.8 Å². The zero-order chi connectivity index (χ0) is 24.2. The molecule has 0 atom stereocenters. The summed E-state index contributed by atoms with van der Waals surface area (Å²) in [6, 6.07) is 25.5. The Bertz CT molecular complexity index is 1550. The molecule has 0 fully saturated rings. The molecular weight excluding hydrogens is 438 g/mol. The fraction of sp³-hybridized carbons (Fsp3) is 0.148. The van der Waals surface area contributed by atoms with Gasteiger partial charge in [0.2, 0.25) is 0 Å². The van der Waals surface area contributed by atoms with Crippen LogP contribution in [-0.2, 0) is 13.0 Å². The van der Waals surface area contributed by atoms with Crippen molar-refractivity contribution in [3.05, 3.63) is 106 Å². The highest BCUT2D eigenvalue weighted by molar-refractivity contribution is 5.80. The predicted octanol–water partition coefficient (Wildman–Crippen LogP) is 4.36. The van der Waals surface area contributed by atoms with E-state index >= 15 is 0 Å². The van der Waals surface area contributed by atoms with E-state index in [4.69, 9.17) is 0 Å². The Morgan fingerprint density at radius 2 is 1.71 bits per heavy atom. The normalized spacial score (nSPS) is 10.9. The summed E-state index contributed by atoms with van der Waals surface area (Å²) in [4.78, 5) is 13.4. The monoisotopic (exact) mass is 461 g/mol. The van der Waals surface area contributed by atoms with Crippen LogP contribution in [0.3, 0.4) is 0 Å². The molecule has 0 radical (unpaired) electrons. The van der Waals surface area contributed by atoms with Crippen LogP contribution in [0.25, 0.3) is 28.2 Å². The molecule has 0 aliphatic heterocycles. The lowest BCUT2D eigenvalue weighted by atomic mass is 9.98. The van der Waals surface area contributed by atoms with Crippen LogP contribution in [0.2, 0.25) is 0 Å². The van der Waals surface area contributed by atoms with E-state index in [9.17, 15) is 10.1 Å². The van der Waals surface area contributed by atoms with Gasteiger partial charge in [0.1, 0.15) is 6.07 Å². The predicted molar refractivity (Wildman–Crippen MR) is 133 cm³/mol. The zero-order valence-corrected chi connectivity index (χ0v) is 19.2. The molecule has 5 rings (SSSR count). The number of nitrogens with one attached hydrogen (secondary N) is 1. The lowest BCUT2D eigenvalue weighted by Crippen LogP contribution is -2.25. The summed E-state index contributed by atoms with van der Waals surface area (Å²) in [5, 5.41) is 23.7. The van der Waals surface area contributed by atoms with E-state index in [1.165, 1.54) is 0 Å². The van der Waals surface area contributed by atoms with Crippen LogP contribution >= 0.6 is 0 Å². The van der Waals surface area contributed by atoms with E-state index in [-0.39, 0.29) is 5.69 Å². The first kappa shape index (κ1) is 22.0. The molecule has 0 spiro atoms. The van der Waals surface area contributed by atoms with Gasteiger partial charge in [-0.1, -0.05) is 74.0 Å². The number of imidazole rings is 1. The first-order valence-electron chi connectivity index (χ1n) is 11.4. The Morgan fingerprint density at radius 1 is 0.971 bits per heavy atom. The van der Waals surface area contributed by atoms with Crippen LogP contribution in [0.5, 0.6) is 0 Å². The van der Waals surface area contributed by atoms with Gasteiger partial charge in [-0.05, 0) is 45.7 Å². The summed E-state index contributed by atoms with van der Waals surface area (Å²) in [6.07, 6.45) is 3.54. The zero-order valence-electron chi connectivity index (χ0n) is 19.2. The van der Waals surface area contributed by atoms with Crippen molar-refractivity contribution in [2.75, 3.05) is 0 Å². The molecule has 8 heteroatoms. The third-order valence-electron chi connectivity index (χ3n) is 5.99. The number of aromatic nitrogens is 6. The number of para-hydroxylation sites is 1. The van der Waals surface area contributed by atoms with Gasteiger partial charge in [0.15, 0.2) is 5.82 Å². The lowest BCUT2D eigenvalue weighted by Gasteiger charge is -2.10. The van der Waals surface area contributed by atoms with Crippen molar-refractivity contribution in [1.29, 1.82) is 5.26 Å². The number of rotatable bonds is 7. The molecule has 1 N–H and O–H groups in total. The molecule has 0 saturated carbocycles. The highest BCUT2D eigenvalue weighted by Gasteiger charge is 2.15. The van der Waals surface area contributed by atoms with Crippen molar-refractivity contribution in [3.8, 4) is 34.3 Å². The van der Waals surface area contributed by atoms with Crippen molar-refractivity contribution in [2.24, 2.45) is 0 Å². The van der Waals surface area contributed by atoms with E-state index in [2.05, 4.69) is 33.6 Å². The second-order valence-electron chi connectivity index (χ2n) is 8.23. The molecule has 2 aromatic heterocycles. The topological polar surface area (TPSA) is 105 Å². The minimum absolute atomic E-state index is 0.150. The van der Waals surface area contributed by atoms with E-state index in [0.29, 0.717) is 23.6 Å². The molecule has 35 heavy (non-hydrogen) atoms. The number of aryl methyl sites for hydroxylation is 1. The van der Waals surface area contributed by atoms with Crippen molar-refractivity contribution < 1.29 is 0 Å². The molecule has 0 amide bonds. The first-order valence-corrected chi connectivity index (χ1v) is 11.4. The highest BCUT2D eigenvalue weighted by Crippen LogP contribution is 2.29. The van der Waals surface area contributed by atoms with Crippen LogP contribution < -0.4 is 5.69 Å². The maximum Gasteiger partial charge on any atom is 0.333 e. The molecule has 3 aromatic carbocycles. The van der Waals surface area contributed by atoms with Crippen LogP contribution in [0, 0.1) is 11.3 Å². The van der Waals surface area contributed by atoms with Gasteiger partial charge in [0, 0.05) is 17.5 Å². The van der Waals surface area contributed by atoms with Crippen molar-refractivity contribution in [2.45, 2.75) is 26.3 Å². The van der Waals surface area contributed by atoms with Crippen LogP contribution in [0.4, 0.5) is 0 Å². The molecular formula is C27H23N7O. The Morgan fingerprint density at radius 3 is 2.43 bits per heavy atom. The Hall–Kier alpha value is -4.77. The largest absolute Gasteiger partial charge is 0.333 e. The minimum Gasteiger partial charge on any atom is -0.292 e. The molecule has 8 nitrogen and oxygen atoms in total. The number of tetrazole rings is 1. The van der Waals surface area contributed by atoms with Crippen LogP contribution in [0.15, 0.2) is 83.8 Å². The SMILES string of the molecule is CCCc1cn(-c2ccccc2C#N)c(=O)n1Cc1ccc(-c2ccccc2-c2nnn[nH]2)cc1. The van der Waals surface area contributed by atoms with Crippen LogP contribution in [-0.4, -0.2) is 29.8 Å². The number of aromatic amines is 1.